The van der Waals surface area contributed by atoms with Crippen LogP contribution in [0.25, 0.3) is 0 Å². The Kier molecular flexibility index (Phi) is 5.28. The average molecular weight is 308 g/mol. The van der Waals surface area contributed by atoms with E-state index in [0.717, 1.165) is 6.42 Å². The van der Waals surface area contributed by atoms with E-state index >= 15 is 0 Å². The molecule has 1 N–H and O–H groups in total. The number of nitrogens with zero attached hydrogens (tertiary/aromatic N) is 4. The van der Waals surface area contributed by atoms with Crippen molar-refractivity contribution in [2.75, 3.05) is 13.6 Å². The summed E-state index contributed by atoms with van der Waals surface area (Å²) in [4.78, 5) is 23.8. The van der Waals surface area contributed by atoms with Crippen LogP contribution in [-0.2, 0) is 17.5 Å². The molecule has 7 nitrogen and oxygen atoms in total. The van der Waals surface area contributed by atoms with E-state index in [9.17, 15) is 22.8 Å². The largest absolute Gasteiger partial charge is 0.476 e. The Morgan fingerprint density at radius 1 is 1.38 bits per heavy atom. The molecular weight excluding hydrogens is 293 g/mol. The van der Waals surface area contributed by atoms with E-state index in [-0.39, 0.29) is 4.68 Å². The zero-order valence-corrected chi connectivity index (χ0v) is 11.5. The summed E-state index contributed by atoms with van der Waals surface area (Å²) in [6.45, 7) is 1.60. The lowest BCUT2D eigenvalue weighted by Gasteiger charge is -2.17. The summed E-state index contributed by atoms with van der Waals surface area (Å²) < 4.78 is 38.9. The minimum Gasteiger partial charge on any atom is -0.476 e. The first-order valence-corrected chi connectivity index (χ1v) is 6.16. The molecule has 1 rings (SSSR count). The fraction of sp³-hybridized carbons (Fsp3) is 0.636. The smallest absolute Gasteiger partial charge is 0.435 e. The number of rotatable bonds is 6. The number of aromatic nitrogens is 3. The van der Waals surface area contributed by atoms with E-state index in [0.29, 0.717) is 13.0 Å². The van der Waals surface area contributed by atoms with Gasteiger partial charge in [0.2, 0.25) is 11.6 Å². The Labute approximate surface area is 118 Å². The summed E-state index contributed by atoms with van der Waals surface area (Å²) >= 11 is 0. The van der Waals surface area contributed by atoms with E-state index in [1.807, 2.05) is 6.92 Å². The lowest BCUT2D eigenvalue weighted by Crippen LogP contribution is -2.32. The maximum atomic E-state index is 12.9. The number of halogens is 3. The monoisotopic (exact) mass is 308 g/mol. The Bertz CT molecular complexity index is 527. The molecule has 0 saturated carbocycles. The van der Waals surface area contributed by atoms with Gasteiger partial charge >= 0.3 is 12.1 Å². The fourth-order valence-corrected chi connectivity index (χ4v) is 1.62. The van der Waals surface area contributed by atoms with Crippen molar-refractivity contribution in [2.45, 2.75) is 32.5 Å². The van der Waals surface area contributed by atoms with Crippen LogP contribution in [-0.4, -0.2) is 50.5 Å². The first kappa shape index (κ1) is 16.9. The molecule has 1 amide bonds. The van der Waals surface area contributed by atoms with Crippen molar-refractivity contribution in [3.63, 3.8) is 0 Å². The van der Waals surface area contributed by atoms with Crippen molar-refractivity contribution in [2.24, 2.45) is 0 Å². The van der Waals surface area contributed by atoms with E-state index in [4.69, 9.17) is 5.11 Å². The molecule has 118 valence electrons. The van der Waals surface area contributed by atoms with Crippen LogP contribution >= 0.6 is 0 Å². The fourth-order valence-electron chi connectivity index (χ4n) is 1.62. The summed E-state index contributed by atoms with van der Waals surface area (Å²) in [6, 6.07) is 0. The number of amides is 1. The predicted molar refractivity (Wildman–Crippen MR) is 64.5 cm³/mol. The second kappa shape index (κ2) is 6.55. The van der Waals surface area contributed by atoms with Crippen molar-refractivity contribution in [1.29, 1.82) is 0 Å². The topological polar surface area (TPSA) is 88.3 Å². The summed E-state index contributed by atoms with van der Waals surface area (Å²) in [7, 11) is 1.46. The molecule has 0 saturated heterocycles. The zero-order chi connectivity index (χ0) is 16.2. The van der Waals surface area contributed by atoms with Gasteiger partial charge in [-0.05, 0) is 6.42 Å². The van der Waals surface area contributed by atoms with E-state index in [2.05, 4.69) is 10.3 Å². The molecule has 0 fully saturated rings. The van der Waals surface area contributed by atoms with Gasteiger partial charge in [0.25, 0.3) is 0 Å². The van der Waals surface area contributed by atoms with Gasteiger partial charge in [0.1, 0.15) is 6.54 Å². The summed E-state index contributed by atoms with van der Waals surface area (Å²) in [5.74, 6) is -2.45. The molecule has 21 heavy (non-hydrogen) atoms. The first-order chi connectivity index (χ1) is 9.68. The number of carboxylic acids is 1. The standard InChI is InChI=1S/C11H15F3N4O3/c1-3-4-5-17(2)7(19)6-18-9(11(12,13)14)8(10(20)21)15-16-18/h3-6H2,1-2H3,(H,20,21). The van der Waals surface area contributed by atoms with Crippen LogP contribution < -0.4 is 0 Å². The number of carboxylic acid groups (broad SMARTS) is 1. The number of aromatic carboxylic acids is 1. The van der Waals surface area contributed by atoms with Gasteiger partial charge in [0, 0.05) is 13.6 Å². The molecule has 0 atom stereocenters. The molecule has 1 aromatic heterocycles. The molecule has 0 spiro atoms. The second-order valence-electron chi connectivity index (χ2n) is 4.42. The van der Waals surface area contributed by atoms with Gasteiger partial charge in [-0.2, -0.15) is 13.2 Å². The number of carbonyl (C=O) groups excluding carboxylic acids is 1. The maximum absolute atomic E-state index is 12.9. The molecule has 1 aromatic rings. The Morgan fingerprint density at radius 3 is 2.48 bits per heavy atom. The molecule has 0 unspecified atom stereocenters. The van der Waals surface area contributed by atoms with Crippen molar-refractivity contribution in [3.05, 3.63) is 11.4 Å². The molecule has 0 aliphatic rings. The van der Waals surface area contributed by atoms with Crippen molar-refractivity contribution in [3.8, 4) is 0 Å². The third-order valence-electron chi connectivity index (χ3n) is 2.76. The molecule has 0 radical (unpaired) electrons. The number of hydrogen-bond acceptors (Lipinski definition) is 4. The zero-order valence-electron chi connectivity index (χ0n) is 11.5. The highest BCUT2D eigenvalue weighted by Gasteiger charge is 2.42. The second-order valence-corrected chi connectivity index (χ2v) is 4.42. The van der Waals surface area contributed by atoms with Gasteiger partial charge in [-0.25, -0.2) is 9.48 Å². The molecule has 0 aliphatic carbocycles. The van der Waals surface area contributed by atoms with Crippen LogP contribution in [0.3, 0.4) is 0 Å². The highest BCUT2D eigenvalue weighted by Crippen LogP contribution is 2.31. The third-order valence-corrected chi connectivity index (χ3v) is 2.76. The molecule has 0 bridgehead atoms. The van der Waals surface area contributed by atoms with Gasteiger partial charge in [-0.3, -0.25) is 4.79 Å². The van der Waals surface area contributed by atoms with Gasteiger partial charge in [0.05, 0.1) is 0 Å². The molecule has 10 heteroatoms. The van der Waals surface area contributed by atoms with Crippen molar-refractivity contribution in [1.82, 2.24) is 19.9 Å². The quantitative estimate of drug-likeness (QED) is 0.854. The number of hydrogen-bond donors (Lipinski definition) is 1. The first-order valence-electron chi connectivity index (χ1n) is 6.16. The molecular formula is C11H15F3N4O3. The normalized spacial score (nSPS) is 11.5. The summed E-state index contributed by atoms with van der Waals surface area (Å²) in [6.07, 6.45) is -3.41. The molecule has 0 aromatic carbocycles. The minimum absolute atomic E-state index is 0.272. The van der Waals surface area contributed by atoms with Crippen LogP contribution in [0.5, 0.6) is 0 Å². The number of unbranched alkanes of at least 4 members (excludes halogenated alkanes) is 1. The van der Waals surface area contributed by atoms with Gasteiger partial charge in [0.15, 0.2) is 5.69 Å². The van der Waals surface area contributed by atoms with E-state index in [1.54, 1.807) is 0 Å². The Balaban J connectivity index is 2.99. The van der Waals surface area contributed by atoms with E-state index in [1.165, 1.54) is 11.9 Å². The summed E-state index contributed by atoms with van der Waals surface area (Å²) in [5.41, 5.74) is -2.75. The van der Waals surface area contributed by atoms with Gasteiger partial charge in [-0.15, -0.1) is 5.10 Å². The molecule has 1 heterocycles. The van der Waals surface area contributed by atoms with Crippen LogP contribution in [0.2, 0.25) is 0 Å². The lowest BCUT2D eigenvalue weighted by molar-refractivity contribution is -0.146. The number of alkyl halides is 3. The summed E-state index contributed by atoms with van der Waals surface area (Å²) in [5, 5.41) is 14.8. The SMILES string of the molecule is CCCCN(C)C(=O)Cn1nnc(C(=O)O)c1C(F)(F)F. The Hall–Kier alpha value is -2.13. The maximum Gasteiger partial charge on any atom is 0.435 e. The van der Waals surface area contributed by atoms with Crippen molar-refractivity contribution < 1.29 is 27.9 Å². The van der Waals surface area contributed by atoms with Gasteiger partial charge < -0.3 is 10.0 Å². The van der Waals surface area contributed by atoms with Crippen LogP contribution in [0.4, 0.5) is 13.2 Å². The number of carbonyl (C=O) groups is 2. The van der Waals surface area contributed by atoms with Crippen molar-refractivity contribution >= 4 is 11.9 Å². The van der Waals surface area contributed by atoms with Gasteiger partial charge in [-0.1, -0.05) is 18.6 Å². The highest BCUT2D eigenvalue weighted by atomic mass is 19.4. The predicted octanol–water partition coefficient (Wildman–Crippen LogP) is 1.25. The highest BCUT2D eigenvalue weighted by molar-refractivity contribution is 5.87. The lowest BCUT2D eigenvalue weighted by atomic mass is 10.3. The third kappa shape index (κ3) is 4.17. The number of likely N-dealkylation sites (N-methyl/N-ethyl adjacent to an activating group) is 1. The average Bonchev–Trinajstić information content (AvgIpc) is 2.79. The molecule has 0 aliphatic heterocycles. The minimum atomic E-state index is -4.96. The van der Waals surface area contributed by atoms with E-state index < -0.39 is 36.0 Å². The van der Waals surface area contributed by atoms with Crippen LogP contribution in [0, 0.1) is 0 Å². The Morgan fingerprint density at radius 2 is 2.00 bits per heavy atom. The van der Waals surface area contributed by atoms with Crippen LogP contribution in [0.15, 0.2) is 0 Å². The van der Waals surface area contributed by atoms with Crippen LogP contribution in [0.1, 0.15) is 35.9 Å².